The van der Waals surface area contributed by atoms with E-state index in [1.165, 1.54) is 11.1 Å². The first-order chi connectivity index (χ1) is 9.91. The van der Waals surface area contributed by atoms with Crippen molar-refractivity contribution in [3.63, 3.8) is 0 Å². The van der Waals surface area contributed by atoms with Crippen molar-refractivity contribution in [3.8, 4) is 0 Å². The summed E-state index contributed by atoms with van der Waals surface area (Å²) in [6.07, 6.45) is 2.24. The third kappa shape index (κ3) is 5.44. The molecule has 1 aromatic rings. The van der Waals surface area contributed by atoms with E-state index >= 15 is 0 Å². The van der Waals surface area contributed by atoms with Crippen molar-refractivity contribution in [1.29, 1.82) is 0 Å². The average molecular weight is 291 g/mol. The number of rotatable bonds is 8. The van der Waals surface area contributed by atoms with Gasteiger partial charge in [0.2, 0.25) is 0 Å². The summed E-state index contributed by atoms with van der Waals surface area (Å²) in [4.78, 5) is 0. The Kier molecular flexibility index (Phi) is 7.41. The molecule has 0 saturated carbocycles. The molecule has 0 fully saturated rings. The van der Waals surface area contributed by atoms with Gasteiger partial charge in [0, 0.05) is 19.8 Å². The molecule has 2 heteroatoms. The molecule has 0 radical (unpaired) electrons. The van der Waals surface area contributed by atoms with Gasteiger partial charge in [-0.2, -0.15) is 0 Å². The van der Waals surface area contributed by atoms with Gasteiger partial charge in [0.05, 0.1) is 0 Å². The van der Waals surface area contributed by atoms with Crippen molar-refractivity contribution in [3.05, 3.63) is 35.4 Å². The van der Waals surface area contributed by atoms with Crippen LogP contribution in [0, 0.1) is 5.92 Å². The zero-order valence-electron chi connectivity index (χ0n) is 14.7. The highest BCUT2D eigenvalue weighted by atomic mass is 16.5. The molecule has 0 aliphatic rings. The van der Waals surface area contributed by atoms with Crippen molar-refractivity contribution in [2.24, 2.45) is 5.92 Å². The van der Waals surface area contributed by atoms with Crippen molar-refractivity contribution in [1.82, 2.24) is 5.32 Å². The fraction of sp³-hybridized carbons (Fsp3) is 0.684. The van der Waals surface area contributed by atoms with Gasteiger partial charge in [-0.15, -0.1) is 0 Å². The normalized spacial score (nSPS) is 15.0. The molecule has 120 valence electrons. The van der Waals surface area contributed by atoms with Crippen LogP contribution in [0.5, 0.6) is 0 Å². The van der Waals surface area contributed by atoms with Gasteiger partial charge in [-0.3, -0.25) is 0 Å². The number of methoxy groups -OCH3 is 1. The first kappa shape index (κ1) is 18.2. The molecule has 0 aliphatic carbocycles. The second-order valence-electron chi connectivity index (χ2n) is 7.03. The van der Waals surface area contributed by atoms with Crippen LogP contribution in [0.3, 0.4) is 0 Å². The molecule has 1 rings (SSSR count). The summed E-state index contributed by atoms with van der Waals surface area (Å²) >= 11 is 0. The number of benzene rings is 1. The maximum absolute atomic E-state index is 5.27. The summed E-state index contributed by atoms with van der Waals surface area (Å²) in [7, 11) is 1.78. The molecule has 2 atom stereocenters. The van der Waals surface area contributed by atoms with E-state index in [0.29, 0.717) is 12.0 Å². The monoisotopic (exact) mass is 291 g/mol. The third-order valence-corrected chi connectivity index (χ3v) is 4.06. The third-order valence-electron chi connectivity index (χ3n) is 4.06. The van der Waals surface area contributed by atoms with Gasteiger partial charge < -0.3 is 10.1 Å². The van der Waals surface area contributed by atoms with E-state index in [4.69, 9.17) is 4.74 Å². The van der Waals surface area contributed by atoms with Crippen LogP contribution in [0.2, 0.25) is 0 Å². The summed E-state index contributed by atoms with van der Waals surface area (Å²) in [5.41, 5.74) is 3.06. The molecule has 1 aromatic carbocycles. The number of ether oxygens (including phenoxy) is 1. The fourth-order valence-corrected chi connectivity index (χ4v) is 2.84. The van der Waals surface area contributed by atoms with Crippen LogP contribution in [-0.4, -0.2) is 20.3 Å². The molecule has 0 aliphatic heterocycles. The van der Waals surface area contributed by atoms with Gasteiger partial charge in [-0.05, 0) is 41.8 Å². The lowest BCUT2D eigenvalue weighted by Crippen LogP contribution is -2.31. The lowest BCUT2D eigenvalue weighted by molar-refractivity contribution is 0.170. The number of hydrogen-bond donors (Lipinski definition) is 1. The smallest absolute Gasteiger partial charge is 0.0465 e. The Morgan fingerprint density at radius 2 is 1.86 bits per heavy atom. The van der Waals surface area contributed by atoms with Crippen LogP contribution in [0.15, 0.2) is 24.3 Å². The molecule has 0 bridgehead atoms. The Balaban J connectivity index is 3.08. The quantitative estimate of drug-likeness (QED) is 0.749. The van der Waals surface area contributed by atoms with E-state index in [-0.39, 0.29) is 5.41 Å². The molecule has 0 aromatic heterocycles. The van der Waals surface area contributed by atoms with Crippen LogP contribution in [0.25, 0.3) is 0 Å². The molecule has 0 heterocycles. The molecular weight excluding hydrogens is 258 g/mol. The summed E-state index contributed by atoms with van der Waals surface area (Å²) in [6, 6.07) is 9.28. The van der Waals surface area contributed by atoms with Gasteiger partial charge in [0.15, 0.2) is 0 Å². The predicted molar refractivity (Wildman–Crippen MR) is 91.8 cm³/mol. The number of hydrogen-bond acceptors (Lipinski definition) is 2. The summed E-state index contributed by atoms with van der Waals surface area (Å²) in [6.45, 7) is 13.3. The van der Waals surface area contributed by atoms with Gasteiger partial charge >= 0.3 is 0 Å². The highest BCUT2D eigenvalue weighted by Crippen LogP contribution is 2.33. The van der Waals surface area contributed by atoms with Crippen LogP contribution in [0.1, 0.15) is 64.6 Å². The zero-order valence-corrected chi connectivity index (χ0v) is 14.7. The second kappa shape index (κ2) is 8.55. The van der Waals surface area contributed by atoms with Gasteiger partial charge in [-0.1, -0.05) is 58.9 Å². The average Bonchev–Trinajstić information content (AvgIpc) is 2.45. The first-order valence-corrected chi connectivity index (χ1v) is 8.23. The summed E-state index contributed by atoms with van der Waals surface area (Å²) in [5.74, 6) is 0.556. The van der Waals surface area contributed by atoms with E-state index in [9.17, 15) is 0 Å². The highest BCUT2D eigenvalue weighted by Gasteiger charge is 2.25. The Morgan fingerprint density at radius 3 is 2.43 bits per heavy atom. The van der Waals surface area contributed by atoms with Crippen LogP contribution >= 0.6 is 0 Å². The standard InChI is InChI=1S/C19H33NO/c1-7-13-20-18(15(2)12-14-21-6)16-10-8-9-11-17(16)19(3,4)5/h8-11,15,18,20H,7,12-14H2,1-6H3. The lowest BCUT2D eigenvalue weighted by Gasteiger charge is -2.31. The summed E-state index contributed by atoms with van der Waals surface area (Å²) in [5, 5.41) is 3.75. The minimum Gasteiger partial charge on any atom is -0.385 e. The zero-order chi connectivity index (χ0) is 15.9. The Bertz CT molecular complexity index is 408. The minimum atomic E-state index is 0.170. The minimum absolute atomic E-state index is 0.170. The predicted octanol–water partition coefficient (Wildman–Crippen LogP) is 4.70. The van der Waals surface area contributed by atoms with E-state index in [1.54, 1.807) is 7.11 Å². The SMILES string of the molecule is CCCNC(c1ccccc1C(C)(C)C)C(C)CCOC. The van der Waals surface area contributed by atoms with Gasteiger partial charge in [0.25, 0.3) is 0 Å². The van der Waals surface area contributed by atoms with E-state index in [0.717, 1.165) is 26.0 Å². The van der Waals surface area contributed by atoms with Gasteiger partial charge in [0.1, 0.15) is 0 Å². The van der Waals surface area contributed by atoms with E-state index in [2.05, 4.69) is 64.2 Å². The Hall–Kier alpha value is -0.860. The number of nitrogens with one attached hydrogen (secondary N) is 1. The van der Waals surface area contributed by atoms with Crippen molar-refractivity contribution in [2.45, 2.75) is 58.9 Å². The Labute approximate surface area is 131 Å². The van der Waals surface area contributed by atoms with E-state index in [1.807, 2.05) is 0 Å². The largest absolute Gasteiger partial charge is 0.385 e. The second-order valence-corrected chi connectivity index (χ2v) is 7.03. The van der Waals surface area contributed by atoms with Crippen molar-refractivity contribution < 1.29 is 4.74 Å². The van der Waals surface area contributed by atoms with Crippen molar-refractivity contribution in [2.75, 3.05) is 20.3 Å². The topological polar surface area (TPSA) is 21.3 Å². The molecule has 2 unspecified atom stereocenters. The summed E-state index contributed by atoms with van der Waals surface area (Å²) < 4.78 is 5.27. The molecule has 2 nitrogen and oxygen atoms in total. The van der Waals surface area contributed by atoms with Crippen LogP contribution < -0.4 is 5.32 Å². The van der Waals surface area contributed by atoms with E-state index < -0.39 is 0 Å². The Morgan fingerprint density at radius 1 is 1.19 bits per heavy atom. The lowest BCUT2D eigenvalue weighted by atomic mass is 9.79. The van der Waals surface area contributed by atoms with Crippen molar-refractivity contribution >= 4 is 0 Å². The maximum Gasteiger partial charge on any atom is 0.0465 e. The van der Waals surface area contributed by atoms with Gasteiger partial charge in [-0.25, -0.2) is 0 Å². The van der Waals surface area contributed by atoms with Crippen LogP contribution in [0.4, 0.5) is 0 Å². The molecule has 21 heavy (non-hydrogen) atoms. The highest BCUT2D eigenvalue weighted by molar-refractivity contribution is 5.35. The maximum atomic E-state index is 5.27. The first-order valence-electron chi connectivity index (χ1n) is 8.23. The fourth-order valence-electron chi connectivity index (χ4n) is 2.84. The molecule has 0 spiro atoms. The molecule has 0 amide bonds. The molecule has 0 saturated heterocycles. The molecule has 1 N–H and O–H groups in total. The van der Waals surface area contributed by atoms with Crippen LogP contribution in [-0.2, 0) is 10.2 Å². The molecular formula is C19H33NO.